The Morgan fingerprint density at radius 3 is 2.33 bits per heavy atom. The van der Waals surface area contributed by atoms with Gasteiger partial charge < -0.3 is 10.6 Å². The molecule has 2 atom stereocenters. The van der Waals surface area contributed by atoms with Crippen molar-refractivity contribution in [1.82, 2.24) is 15.5 Å². The topological polar surface area (TPSA) is 78.5 Å². The molecule has 1 aliphatic rings. The van der Waals surface area contributed by atoms with Gasteiger partial charge in [-0.1, -0.05) is 43.7 Å². The monoisotopic (exact) mass is 331 g/mol. The Kier molecular flexibility index (Phi) is 4.96. The van der Waals surface area contributed by atoms with Gasteiger partial charge >= 0.3 is 6.03 Å². The number of imide groups is 1. The Balaban J connectivity index is 2.14. The Labute approximate surface area is 142 Å². The molecule has 0 aromatic heterocycles. The van der Waals surface area contributed by atoms with Crippen molar-refractivity contribution in [2.24, 2.45) is 5.92 Å². The first kappa shape index (κ1) is 18.0. The summed E-state index contributed by atoms with van der Waals surface area (Å²) in [5.41, 5.74) is 0.622. The van der Waals surface area contributed by atoms with Crippen molar-refractivity contribution in [2.75, 3.05) is 6.54 Å². The molecule has 4 amide bonds. The highest BCUT2D eigenvalue weighted by molar-refractivity contribution is 6.09. The fraction of sp³-hybridized carbons (Fsp3) is 0.500. The molecular weight excluding hydrogens is 306 g/mol. The minimum atomic E-state index is -1.14. The number of aryl methyl sites for hydroxylation is 1. The van der Waals surface area contributed by atoms with Gasteiger partial charge in [-0.05, 0) is 32.3 Å². The molecule has 1 saturated heterocycles. The number of nitrogens with zero attached hydrogens (tertiary/aromatic N) is 1. The van der Waals surface area contributed by atoms with Crippen LogP contribution in [0.4, 0.5) is 4.79 Å². The molecule has 0 saturated carbocycles. The largest absolute Gasteiger partial charge is 0.352 e. The number of urea groups is 1. The van der Waals surface area contributed by atoms with E-state index in [0.717, 1.165) is 10.5 Å². The van der Waals surface area contributed by atoms with Crippen LogP contribution in [-0.2, 0) is 15.1 Å². The maximum Gasteiger partial charge on any atom is 0.325 e. The summed E-state index contributed by atoms with van der Waals surface area (Å²) >= 11 is 0. The quantitative estimate of drug-likeness (QED) is 0.809. The summed E-state index contributed by atoms with van der Waals surface area (Å²) in [7, 11) is 0. The molecule has 130 valence electrons. The van der Waals surface area contributed by atoms with Crippen LogP contribution in [0.2, 0.25) is 0 Å². The molecule has 1 fully saturated rings. The first-order chi connectivity index (χ1) is 11.1. The molecule has 1 aliphatic heterocycles. The molecule has 1 aromatic rings. The lowest BCUT2D eigenvalue weighted by Crippen LogP contribution is -2.46. The predicted molar refractivity (Wildman–Crippen MR) is 91.2 cm³/mol. The zero-order valence-electron chi connectivity index (χ0n) is 14.8. The Morgan fingerprint density at radius 1 is 1.21 bits per heavy atom. The average molecular weight is 331 g/mol. The van der Waals surface area contributed by atoms with Crippen molar-refractivity contribution in [3.05, 3.63) is 35.4 Å². The average Bonchev–Trinajstić information content (AvgIpc) is 2.72. The third-order valence-corrected chi connectivity index (χ3v) is 4.59. The Bertz CT molecular complexity index is 654. The van der Waals surface area contributed by atoms with Crippen LogP contribution in [0.1, 0.15) is 38.8 Å². The van der Waals surface area contributed by atoms with Crippen LogP contribution in [-0.4, -0.2) is 35.3 Å². The SMILES string of the molecule is Cc1ccc(C2(C)NC(=O)N(CC(=O)NC(C)C(C)C)C2=O)cc1. The van der Waals surface area contributed by atoms with Gasteiger partial charge in [0.1, 0.15) is 12.1 Å². The minimum Gasteiger partial charge on any atom is -0.352 e. The minimum absolute atomic E-state index is 0.0262. The van der Waals surface area contributed by atoms with Crippen LogP contribution in [0.15, 0.2) is 24.3 Å². The molecule has 1 heterocycles. The highest BCUT2D eigenvalue weighted by atomic mass is 16.2. The van der Waals surface area contributed by atoms with Gasteiger partial charge in [0.25, 0.3) is 5.91 Å². The summed E-state index contributed by atoms with van der Waals surface area (Å²) in [4.78, 5) is 38.0. The van der Waals surface area contributed by atoms with Gasteiger partial charge in [0.05, 0.1) is 0 Å². The molecular formula is C18H25N3O3. The number of carbonyl (C=O) groups excluding carboxylic acids is 3. The third kappa shape index (κ3) is 3.42. The van der Waals surface area contributed by atoms with E-state index in [1.54, 1.807) is 6.92 Å². The number of amides is 4. The Morgan fingerprint density at radius 2 is 1.79 bits per heavy atom. The summed E-state index contributed by atoms with van der Waals surface area (Å²) in [6.45, 7) is 9.22. The van der Waals surface area contributed by atoms with Gasteiger partial charge in [-0.2, -0.15) is 0 Å². The van der Waals surface area contributed by atoms with Crippen LogP contribution in [0.5, 0.6) is 0 Å². The molecule has 2 rings (SSSR count). The van der Waals surface area contributed by atoms with Crippen LogP contribution in [0.25, 0.3) is 0 Å². The van der Waals surface area contributed by atoms with E-state index < -0.39 is 17.5 Å². The van der Waals surface area contributed by atoms with Crippen molar-refractivity contribution < 1.29 is 14.4 Å². The first-order valence-electron chi connectivity index (χ1n) is 8.15. The van der Waals surface area contributed by atoms with Crippen LogP contribution < -0.4 is 10.6 Å². The van der Waals surface area contributed by atoms with E-state index in [4.69, 9.17) is 0 Å². The van der Waals surface area contributed by atoms with E-state index in [0.29, 0.717) is 5.56 Å². The van der Waals surface area contributed by atoms with Gasteiger partial charge in [-0.15, -0.1) is 0 Å². The first-order valence-corrected chi connectivity index (χ1v) is 8.15. The number of carbonyl (C=O) groups is 3. The number of hydrogen-bond donors (Lipinski definition) is 2. The van der Waals surface area contributed by atoms with Gasteiger partial charge in [-0.3, -0.25) is 14.5 Å². The Hall–Kier alpha value is -2.37. The van der Waals surface area contributed by atoms with E-state index in [1.807, 2.05) is 52.0 Å². The van der Waals surface area contributed by atoms with E-state index in [-0.39, 0.29) is 24.4 Å². The third-order valence-electron chi connectivity index (χ3n) is 4.59. The van der Waals surface area contributed by atoms with Crippen LogP contribution in [0, 0.1) is 12.8 Å². The normalized spacial score (nSPS) is 21.8. The smallest absolute Gasteiger partial charge is 0.325 e. The fourth-order valence-electron chi connectivity index (χ4n) is 2.53. The molecule has 0 spiro atoms. The highest BCUT2D eigenvalue weighted by Gasteiger charge is 2.49. The summed E-state index contributed by atoms with van der Waals surface area (Å²) in [6.07, 6.45) is 0. The highest BCUT2D eigenvalue weighted by Crippen LogP contribution is 2.28. The number of nitrogens with one attached hydrogen (secondary N) is 2. The fourth-order valence-corrected chi connectivity index (χ4v) is 2.53. The van der Waals surface area contributed by atoms with Crippen LogP contribution in [0.3, 0.4) is 0 Å². The predicted octanol–water partition coefficient (Wildman–Crippen LogP) is 1.92. The summed E-state index contributed by atoms with van der Waals surface area (Å²) in [6, 6.07) is 6.84. The summed E-state index contributed by atoms with van der Waals surface area (Å²) < 4.78 is 0. The molecule has 6 heteroatoms. The molecule has 24 heavy (non-hydrogen) atoms. The second-order valence-electron chi connectivity index (χ2n) is 6.91. The van der Waals surface area contributed by atoms with Crippen LogP contribution >= 0.6 is 0 Å². The lowest BCUT2D eigenvalue weighted by molar-refractivity contribution is -0.135. The molecule has 2 N–H and O–H groups in total. The van der Waals surface area contributed by atoms with Crippen molar-refractivity contribution in [1.29, 1.82) is 0 Å². The molecule has 2 unspecified atom stereocenters. The lowest BCUT2D eigenvalue weighted by Gasteiger charge is -2.23. The maximum absolute atomic E-state index is 12.7. The molecule has 0 radical (unpaired) electrons. The molecule has 1 aromatic carbocycles. The van der Waals surface area contributed by atoms with Crippen molar-refractivity contribution >= 4 is 17.8 Å². The second-order valence-corrected chi connectivity index (χ2v) is 6.91. The van der Waals surface area contributed by atoms with Crippen molar-refractivity contribution in [3.63, 3.8) is 0 Å². The van der Waals surface area contributed by atoms with Crippen molar-refractivity contribution in [3.8, 4) is 0 Å². The van der Waals surface area contributed by atoms with Gasteiger partial charge in [0.15, 0.2) is 0 Å². The van der Waals surface area contributed by atoms with Gasteiger partial charge in [0, 0.05) is 6.04 Å². The maximum atomic E-state index is 12.7. The zero-order chi connectivity index (χ0) is 18.1. The molecule has 6 nitrogen and oxygen atoms in total. The van der Waals surface area contributed by atoms with E-state index in [9.17, 15) is 14.4 Å². The second kappa shape index (κ2) is 6.63. The zero-order valence-corrected chi connectivity index (χ0v) is 14.8. The number of rotatable bonds is 5. The van der Waals surface area contributed by atoms with E-state index in [2.05, 4.69) is 10.6 Å². The lowest BCUT2D eigenvalue weighted by atomic mass is 9.91. The number of benzene rings is 1. The number of hydrogen-bond acceptors (Lipinski definition) is 3. The standard InChI is InChI=1S/C18H25N3O3/c1-11(2)13(4)19-15(22)10-21-16(23)18(5,20-17(21)24)14-8-6-12(3)7-9-14/h6-9,11,13H,10H2,1-5H3,(H,19,22)(H,20,24). The van der Waals surface area contributed by atoms with Gasteiger partial charge in [-0.25, -0.2) is 4.79 Å². The van der Waals surface area contributed by atoms with Gasteiger partial charge in [0.2, 0.25) is 5.91 Å². The summed E-state index contributed by atoms with van der Waals surface area (Å²) in [5.74, 6) is -0.480. The van der Waals surface area contributed by atoms with E-state index >= 15 is 0 Å². The van der Waals surface area contributed by atoms with Crippen molar-refractivity contribution in [2.45, 2.75) is 46.2 Å². The van der Waals surface area contributed by atoms with E-state index in [1.165, 1.54) is 0 Å². The summed E-state index contributed by atoms with van der Waals surface area (Å²) in [5, 5.41) is 5.51. The molecule has 0 bridgehead atoms. The molecule has 0 aliphatic carbocycles.